The van der Waals surface area contributed by atoms with E-state index in [1.807, 2.05) is 44.2 Å². The van der Waals surface area contributed by atoms with Crippen molar-refractivity contribution < 1.29 is 9.53 Å². The normalized spacial score (nSPS) is 10.9. The van der Waals surface area contributed by atoms with Gasteiger partial charge in [-0.3, -0.25) is 0 Å². The summed E-state index contributed by atoms with van der Waals surface area (Å²) in [6, 6.07) is 16.0. The molecule has 3 rings (SSSR count). The lowest BCUT2D eigenvalue weighted by molar-refractivity contribution is 0.252. The number of benzene rings is 3. The van der Waals surface area contributed by atoms with Crippen LogP contribution in [0.5, 0.6) is 5.75 Å². The van der Waals surface area contributed by atoms with Crippen LogP contribution in [0.25, 0.3) is 0 Å². The lowest BCUT2D eigenvalue weighted by atomic mass is 10.1. The largest absolute Gasteiger partial charge is 0.488 e. The molecule has 8 heteroatoms. The van der Waals surface area contributed by atoms with E-state index in [9.17, 15) is 4.79 Å². The number of amides is 2. The van der Waals surface area contributed by atoms with Gasteiger partial charge in [-0.1, -0.05) is 45.2 Å². The number of hydrogen-bond acceptors (Lipinski definition) is 3. The maximum atomic E-state index is 12.0. The van der Waals surface area contributed by atoms with E-state index in [4.69, 9.17) is 27.9 Å². The molecule has 2 amide bonds. The third-order valence-electron chi connectivity index (χ3n) is 4.35. The molecule has 0 bridgehead atoms. The molecule has 0 unspecified atom stereocenters. The first kappa shape index (κ1) is 23.1. The van der Waals surface area contributed by atoms with E-state index in [0.29, 0.717) is 22.3 Å². The van der Waals surface area contributed by atoms with Gasteiger partial charge in [0.1, 0.15) is 12.4 Å². The van der Waals surface area contributed by atoms with E-state index in [1.165, 1.54) is 0 Å². The van der Waals surface area contributed by atoms with Crippen LogP contribution in [0.2, 0.25) is 10.0 Å². The number of nitrogens with zero attached hydrogens (tertiary/aromatic N) is 1. The second-order valence-corrected chi connectivity index (χ2v) is 8.60. The third-order valence-corrected chi connectivity index (χ3v) is 5.47. The molecule has 0 saturated heterocycles. The Morgan fingerprint density at radius 2 is 1.74 bits per heavy atom. The fourth-order valence-electron chi connectivity index (χ4n) is 2.93. The standard InChI is InChI=1S/C23H20BrCl2N3O2/c1-14-9-16(12-27-29-23(30)28-20-7-4-18(24)5-8-20)10-15(2)22(14)31-13-17-3-6-19(25)11-21(17)26/h3-12H,13H2,1-2H3,(H2,28,29,30)/b27-12-. The zero-order chi connectivity index (χ0) is 22.4. The van der Waals surface area contributed by atoms with Crippen molar-refractivity contribution in [3.05, 3.63) is 91.4 Å². The van der Waals surface area contributed by atoms with E-state index >= 15 is 0 Å². The summed E-state index contributed by atoms with van der Waals surface area (Å²) in [5, 5.41) is 7.87. The van der Waals surface area contributed by atoms with Gasteiger partial charge in [-0.2, -0.15) is 5.10 Å². The number of anilines is 1. The molecule has 0 fully saturated rings. The zero-order valence-corrected chi connectivity index (χ0v) is 20.0. The van der Waals surface area contributed by atoms with Gasteiger partial charge in [0.2, 0.25) is 0 Å². The Hall–Kier alpha value is -2.54. The molecule has 2 N–H and O–H groups in total. The van der Waals surface area contributed by atoms with Gasteiger partial charge in [0.25, 0.3) is 0 Å². The minimum Gasteiger partial charge on any atom is -0.488 e. The molecule has 3 aromatic rings. The third kappa shape index (κ3) is 6.72. The van der Waals surface area contributed by atoms with Crippen molar-refractivity contribution in [3.63, 3.8) is 0 Å². The quantitative estimate of drug-likeness (QED) is 0.268. The van der Waals surface area contributed by atoms with E-state index in [0.717, 1.165) is 32.5 Å². The fourth-order valence-corrected chi connectivity index (χ4v) is 3.66. The summed E-state index contributed by atoms with van der Waals surface area (Å²) in [5.74, 6) is 0.782. The van der Waals surface area contributed by atoms with E-state index < -0.39 is 6.03 Å². The SMILES string of the molecule is Cc1cc(/C=N\NC(=O)Nc2ccc(Br)cc2)cc(C)c1OCc1ccc(Cl)cc1Cl. The van der Waals surface area contributed by atoms with Crippen molar-refractivity contribution in [2.24, 2.45) is 5.10 Å². The summed E-state index contributed by atoms with van der Waals surface area (Å²) in [7, 11) is 0. The number of carbonyl (C=O) groups excluding carboxylic acids is 1. The molecule has 0 heterocycles. The molecular weight excluding hydrogens is 501 g/mol. The lowest BCUT2D eigenvalue weighted by Crippen LogP contribution is -2.24. The summed E-state index contributed by atoms with van der Waals surface area (Å²) in [6.07, 6.45) is 1.58. The van der Waals surface area contributed by atoms with Crippen molar-refractivity contribution in [3.8, 4) is 5.75 Å². The molecular formula is C23H20BrCl2N3O2. The topological polar surface area (TPSA) is 62.7 Å². The summed E-state index contributed by atoms with van der Waals surface area (Å²) in [5.41, 5.74) is 6.73. The van der Waals surface area contributed by atoms with Gasteiger partial charge in [-0.05, 0) is 79.1 Å². The fraction of sp³-hybridized carbons (Fsp3) is 0.130. The molecule has 0 aliphatic carbocycles. The number of urea groups is 1. The highest BCUT2D eigenvalue weighted by atomic mass is 79.9. The van der Waals surface area contributed by atoms with Gasteiger partial charge >= 0.3 is 6.03 Å². The van der Waals surface area contributed by atoms with Gasteiger partial charge in [-0.25, -0.2) is 10.2 Å². The monoisotopic (exact) mass is 519 g/mol. The Morgan fingerprint density at radius 3 is 2.39 bits per heavy atom. The van der Waals surface area contributed by atoms with E-state index in [-0.39, 0.29) is 0 Å². The minimum absolute atomic E-state index is 0.336. The molecule has 0 aliphatic heterocycles. The van der Waals surface area contributed by atoms with Crippen molar-refractivity contribution in [2.45, 2.75) is 20.5 Å². The summed E-state index contributed by atoms with van der Waals surface area (Å²) in [6.45, 7) is 4.25. The van der Waals surface area contributed by atoms with Crippen LogP contribution in [-0.2, 0) is 6.61 Å². The molecule has 31 heavy (non-hydrogen) atoms. The van der Waals surface area contributed by atoms with E-state index in [2.05, 4.69) is 31.8 Å². The van der Waals surface area contributed by atoms with Crippen LogP contribution in [0.15, 0.2) is 64.2 Å². The van der Waals surface area contributed by atoms with Crippen molar-refractivity contribution in [1.82, 2.24) is 5.43 Å². The summed E-state index contributed by atoms with van der Waals surface area (Å²) in [4.78, 5) is 12.0. The predicted octanol–water partition coefficient (Wildman–Crippen LogP) is 7.11. The number of hydrazone groups is 1. The Labute approximate surface area is 199 Å². The van der Waals surface area contributed by atoms with Crippen molar-refractivity contribution in [2.75, 3.05) is 5.32 Å². The van der Waals surface area contributed by atoms with Crippen LogP contribution in [0.3, 0.4) is 0 Å². The molecule has 5 nitrogen and oxygen atoms in total. The second-order valence-electron chi connectivity index (χ2n) is 6.84. The maximum absolute atomic E-state index is 12.0. The van der Waals surface area contributed by atoms with E-state index in [1.54, 1.807) is 30.5 Å². The Bertz CT molecular complexity index is 1100. The van der Waals surface area contributed by atoms with Crippen molar-refractivity contribution >= 4 is 57.1 Å². The number of rotatable bonds is 6. The summed E-state index contributed by atoms with van der Waals surface area (Å²) >= 11 is 15.5. The van der Waals surface area contributed by atoms with Gasteiger partial charge in [-0.15, -0.1) is 0 Å². The first-order chi connectivity index (χ1) is 14.8. The molecule has 0 aliphatic rings. The van der Waals surface area contributed by atoms with Crippen LogP contribution in [0.1, 0.15) is 22.3 Å². The van der Waals surface area contributed by atoms with Gasteiger partial charge < -0.3 is 10.1 Å². The number of nitrogens with one attached hydrogen (secondary N) is 2. The number of aryl methyl sites for hydroxylation is 2. The Balaban J connectivity index is 1.60. The molecule has 3 aromatic carbocycles. The van der Waals surface area contributed by atoms with Crippen molar-refractivity contribution in [1.29, 1.82) is 0 Å². The highest BCUT2D eigenvalue weighted by Crippen LogP contribution is 2.27. The van der Waals surface area contributed by atoms with Gasteiger partial charge in [0.05, 0.1) is 6.21 Å². The summed E-state index contributed by atoms with van der Waals surface area (Å²) < 4.78 is 6.93. The lowest BCUT2D eigenvalue weighted by Gasteiger charge is -2.14. The molecule has 0 spiro atoms. The van der Waals surface area contributed by atoms with Gasteiger partial charge in [0.15, 0.2) is 0 Å². The average molecular weight is 521 g/mol. The molecule has 0 radical (unpaired) electrons. The smallest absolute Gasteiger partial charge is 0.339 e. The molecule has 160 valence electrons. The number of ether oxygens (including phenoxy) is 1. The molecule has 0 atom stereocenters. The average Bonchev–Trinajstić information content (AvgIpc) is 2.70. The molecule has 0 aromatic heterocycles. The highest BCUT2D eigenvalue weighted by Gasteiger charge is 2.08. The number of carbonyl (C=O) groups is 1. The minimum atomic E-state index is -0.424. The van der Waals surface area contributed by atoms with Crippen LogP contribution in [0.4, 0.5) is 10.5 Å². The number of hydrogen-bond donors (Lipinski definition) is 2. The van der Waals surface area contributed by atoms with Gasteiger partial charge in [0, 0.05) is 25.8 Å². The number of halogens is 3. The van der Waals surface area contributed by atoms with Crippen LogP contribution in [-0.4, -0.2) is 12.2 Å². The van der Waals surface area contributed by atoms with Crippen LogP contribution < -0.4 is 15.5 Å². The van der Waals surface area contributed by atoms with Crippen LogP contribution >= 0.6 is 39.1 Å². The second kappa shape index (κ2) is 10.7. The first-order valence-electron chi connectivity index (χ1n) is 9.35. The van der Waals surface area contributed by atoms with Crippen LogP contribution in [0, 0.1) is 13.8 Å². The predicted molar refractivity (Wildman–Crippen MR) is 131 cm³/mol. The zero-order valence-electron chi connectivity index (χ0n) is 16.9. The Kier molecular flexibility index (Phi) is 7.96. The maximum Gasteiger partial charge on any atom is 0.339 e. The Morgan fingerprint density at radius 1 is 1.06 bits per heavy atom. The highest BCUT2D eigenvalue weighted by molar-refractivity contribution is 9.10. The first-order valence-corrected chi connectivity index (χ1v) is 10.9. The molecule has 0 saturated carbocycles.